The summed E-state index contributed by atoms with van der Waals surface area (Å²) in [5.41, 5.74) is -0.418. The number of rotatable bonds is 10. The largest absolute Gasteiger partial charge is 0.396 e. The fourth-order valence-electron chi connectivity index (χ4n) is 6.38. The molecule has 3 amide bonds. The van der Waals surface area contributed by atoms with Gasteiger partial charge in [0.05, 0.1) is 17.9 Å². The lowest BCUT2D eigenvalue weighted by atomic mass is 9.70. The second-order valence-electron chi connectivity index (χ2n) is 10.3. The summed E-state index contributed by atoms with van der Waals surface area (Å²) in [5, 5.41) is 17.3. The molecule has 8 nitrogen and oxygen atoms in total. The van der Waals surface area contributed by atoms with E-state index in [2.05, 4.69) is 26.6 Å². The van der Waals surface area contributed by atoms with E-state index in [9.17, 15) is 19.5 Å². The molecule has 0 aliphatic carbocycles. The van der Waals surface area contributed by atoms with E-state index in [-0.39, 0.29) is 29.2 Å². The first kappa shape index (κ1) is 26.1. The second-order valence-corrected chi connectivity index (χ2v) is 11.5. The van der Waals surface area contributed by atoms with Crippen LogP contribution in [0.1, 0.15) is 39.0 Å². The molecule has 6 atom stereocenters. The minimum atomic E-state index is -1.07. The van der Waals surface area contributed by atoms with Crippen LogP contribution in [0.3, 0.4) is 0 Å². The monoisotopic (exact) mass is 571 g/mol. The normalized spacial score (nSPS) is 30.1. The highest BCUT2D eigenvalue weighted by Gasteiger charge is 2.76. The lowest BCUT2D eigenvalue weighted by Crippen LogP contribution is -2.54. The minimum absolute atomic E-state index is 0.0854. The Morgan fingerprint density at radius 2 is 1.92 bits per heavy atom. The molecule has 3 N–H and O–H groups in total. The number of nitrogens with zero attached hydrogens (tertiary/aromatic N) is 1. The minimum Gasteiger partial charge on any atom is -0.396 e. The van der Waals surface area contributed by atoms with Crippen LogP contribution in [0.15, 0.2) is 42.5 Å². The Kier molecular flexibility index (Phi) is 7.56. The van der Waals surface area contributed by atoms with Gasteiger partial charge >= 0.3 is 0 Å². The maximum absolute atomic E-state index is 13.9. The van der Waals surface area contributed by atoms with Crippen LogP contribution in [0.25, 0.3) is 10.8 Å². The highest BCUT2D eigenvalue weighted by molar-refractivity contribution is 9.09. The number of hydrogen-bond donors (Lipinski definition) is 3. The third-order valence-electron chi connectivity index (χ3n) is 7.96. The van der Waals surface area contributed by atoms with Crippen LogP contribution in [0, 0.1) is 11.8 Å². The molecule has 0 aromatic heterocycles. The van der Waals surface area contributed by atoms with E-state index in [1.165, 1.54) is 0 Å². The molecule has 5 rings (SSSR count). The number of hydrogen-bond acceptors (Lipinski definition) is 5. The quantitative estimate of drug-likeness (QED) is 0.300. The number of benzene rings is 2. The molecule has 9 heteroatoms. The van der Waals surface area contributed by atoms with Crippen LogP contribution in [0.5, 0.6) is 0 Å². The Morgan fingerprint density at radius 1 is 1.14 bits per heavy atom. The summed E-state index contributed by atoms with van der Waals surface area (Å²) in [7, 11) is 0. The number of amides is 3. The molecule has 2 aromatic rings. The second kappa shape index (κ2) is 10.7. The van der Waals surface area contributed by atoms with Gasteiger partial charge in [-0.25, -0.2) is 0 Å². The number of anilines is 1. The average molecular weight is 573 g/mol. The Bertz CT molecular complexity index is 1190. The third kappa shape index (κ3) is 4.55. The number of likely N-dealkylation sites (tertiary alicyclic amines) is 1. The Balaban J connectivity index is 1.46. The van der Waals surface area contributed by atoms with Gasteiger partial charge in [0.25, 0.3) is 0 Å². The first-order valence-corrected chi connectivity index (χ1v) is 14.1. The van der Waals surface area contributed by atoms with Gasteiger partial charge in [-0.15, -0.1) is 0 Å². The van der Waals surface area contributed by atoms with Crippen molar-refractivity contribution in [3.8, 4) is 0 Å². The predicted molar refractivity (Wildman–Crippen MR) is 144 cm³/mol. The van der Waals surface area contributed by atoms with Crippen LogP contribution in [-0.4, -0.2) is 70.0 Å². The number of carbonyl (C=O) groups is 3. The smallest absolute Gasteiger partial charge is 0.250 e. The number of unbranched alkanes of at least 4 members (excludes halogenated alkanes) is 2. The van der Waals surface area contributed by atoms with Gasteiger partial charge in [0, 0.05) is 30.2 Å². The van der Waals surface area contributed by atoms with E-state index < -0.39 is 29.6 Å². The van der Waals surface area contributed by atoms with Crippen molar-refractivity contribution in [2.45, 2.75) is 61.6 Å². The predicted octanol–water partition coefficient (Wildman–Crippen LogP) is 3.22. The first-order valence-electron chi connectivity index (χ1n) is 13.2. The van der Waals surface area contributed by atoms with E-state index in [0.29, 0.717) is 38.0 Å². The van der Waals surface area contributed by atoms with Crippen LogP contribution >= 0.6 is 15.9 Å². The van der Waals surface area contributed by atoms with E-state index >= 15 is 0 Å². The maximum Gasteiger partial charge on any atom is 0.250 e. The zero-order valence-corrected chi connectivity index (χ0v) is 22.6. The van der Waals surface area contributed by atoms with Crippen LogP contribution < -0.4 is 10.6 Å². The van der Waals surface area contributed by atoms with Gasteiger partial charge in [0.2, 0.25) is 17.7 Å². The van der Waals surface area contributed by atoms with Gasteiger partial charge in [-0.1, -0.05) is 53.2 Å². The zero-order chi connectivity index (χ0) is 26.2. The summed E-state index contributed by atoms with van der Waals surface area (Å²) in [4.78, 5) is 42.5. The van der Waals surface area contributed by atoms with Gasteiger partial charge in [-0.05, 0) is 55.0 Å². The van der Waals surface area contributed by atoms with E-state index in [1.807, 2.05) is 49.4 Å². The van der Waals surface area contributed by atoms with Gasteiger partial charge in [0.1, 0.15) is 11.6 Å². The Morgan fingerprint density at radius 3 is 2.68 bits per heavy atom. The van der Waals surface area contributed by atoms with Crippen LogP contribution in [0.4, 0.5) is 5.69 Å². The molecule has 3 aliphatic rings. The highest BCUT2D eigenvalue weighted by atomic mass is 79.9. The lowest BCUT2D eigenvalue weighted by molar-refractivity contribution is -0.140. The molecule has 37 heavy (non-hydrogen) atoms. The molecule has 0 radical (unpaired) electrons. The molecule has 3 saturated heterocycles. The number of ether oxygens (including phenoxy) is 1. The number of halogens is 1. The number of alkyl halides is 1. The van der Waals surface area contributed by atoms with E-state index in [1.54, 1.807) is 4.90 Å². The Labute approximate surface area is 225 Å². The Hall–Kier alpha value is -2.49. The van der Waals surface area contributed by atoms with E-state index in [4.69, 9.17) is 4.74 Å². The molecular formula is C28H34BrN3O5. The van der Waals surface area contributed by atoms with Gasteiger partial charge in [0.15, 0.2) is 0 Å². The summed E-state index contributed by atoms with van der Waals surface area (Å²) < 4.78 is 6.51. The molecule has 3 heterocycles. The van der Waals surface area contributed by atoms with Crippen molar-refractivity contribution < 1.29 is 24.2 Å². The van der Waals surface area contributed by atoms with Gasteiger partial charge in [-0.2, -0.15) is 0 Å². The fraction of sp³-hybridized carbons (Fsp3) is 0.536. The standard InChI is InChI=1S/C28H34BrN3O5/c1-2-12-30-25(34)21-22-27(36)32(13-6-3-7-14-33)24(28(22)16-20(29)23(21)37-28)26(35)31-19-11-10-17-8-4-5-9-18(17)15-19/h4-5,8-11,15,20-24,33H,2-3,6-7,12-14,16H2,1H3,(H,30,34)(H,31,35)/t20?,21-,22-,23-,24?,28?/m0/s1. The fourth-order valence-corrected chi connectivity index (χ4v) is 7.33. The molecule has 1 spiro atoms. The van der Waals surface area contributed by atoms with Crippen LogP contribution in [-0.2, 0) is 19.1 Å². The van der Waals surface area contributed by atoms with Crippen molar-refractivity contribution in [2.75, 3.05) is 25.0 Å². The lowest BCUT2D eigenvalue weighted by Gasteiger charge is -2.34. The zero-order valence-electron chi connectivity index (χ0n) is 21.0. The number of nitrogens with one attached hydrogen (secondary N) is 2. The van der Waals surface area contributed by atoms with E-state index in [0.717, 1.165) is 23.6 Å². The van der Waals surface area contributed by atoms with Crippen molar-refractivity contribution in [3.05, 3.63) is 42.5 Å². The van der Waals surface area contributed by atoms with Crippen LogP contribution in [0.2, 0.25) is 0 Å². The van der Waals surface area contributed by atoms with Crippen molar-refractivity contribution in [3.63, 3.8) is 0 Å². The third-order valence-corrected chi connectivity index (χ3v) is 8.81. The summed E-state index contributed by atoms with van der Waals surface area (Å²) >= 11 is 3.69. The average Bonchev–Trinajstić information content (AvgIpc) is 3.48. The molecule has 0 saturated carbocycles. The topological polar surface area (TPSA) is 108 Å². The van der Waals surface area contributed by atoms with Crippen molar-refractivity contribution in [2.24, 2.45) is 11.8 Å². The van der Waals surface area contributed by atoms with Gasteiger partial charge < -0.3 is 25.4 Å². The number of aliphatic hydroxyl groups excluding tert-OH is 1. The van der Waals surface area contributed by atoms with Crippen molar-refractivity contribution in [1.29, 1.82) is 0 Å². The molecular weight excluding hydrogens is 538 g/mol. The number of fused-ring (bicyclic) bond motifs is 2. The number of aliphatic hydroxyl groups is 1. The number of carbonyl (C=O) groups excluding carboxylic acids is 3. The van der Waals surface area contributed by atoms with Gasteiger partial charge in [-0.3, -0.25) is 14.4 Å². The summed E-state index contributed by atoms with van der Waals surface area (Å²) in [6, 6.07) is 12.8. The maximum atomic E-state index is 13.9. The highest BCUT2D eigenvalue weighted by Crippen LogP contribution is 2.60. The molecule has 198 valence electrons. The molecule has 2 aromatic carbocycles. The molecule has 2 bridgehead atoms. The van der Waals surface area contributed by atoms with Crippen molar-refractivity contribution in [1.82, 2.24) is 10.2 Å². The molecule has 3 fully saturated rings. The molecule has 3 unspecified atom stereocenters. The summed E-state index contributed by atoms with van der Waals surface area (Å²) in [6.45, 7) is 2.97. The van der Waals surface area contributed by atoms with Crippen molar-refractivity contribution >= 4 is 50.1 Å². The summed E-state index contributed by atoms with van der Waals surface area (Å²) in [6.07, 6.45) is 2.84. The first-order chi connectivity index (χ1) is 17.9. The SMILES string of the molecule is CCCNC(=O)[C@H]1[C@H]2C(=O)N(CCCCCO)C(C(=O)Nc3ccc4ccccc4c3)C23CC(Br)[C@@H]1O3. The summed E-state index contributed by atoms with van der Waals surface area (Å²) in [5.74, 6) is -2.03. The molecule has 3 aliphatic heterocycles.